The van der Waals surface area contributed by atoms with Crippen molar-refractivity contribution in [1.29, 1.82) is 0 Å². The molecule has 1 unspecified atom stereocenters. The number of rotatable bonds is 3. The Kier molecular flexibility index (Phi) is 3.33. The van der Waals surface area contributed by atoms with Crippen LogP contribution in [0.5, 0.6) is 11.5 Å². The van der Waals surface area contributed by atoms with Gasteiger partial charge in [0.25, 0.3) is 0 Å². The van der Waals surface area contributed by atoms with Gasteiger partial charge in [-0.2, -0.15) is 0 Å². The molecule has 1 atom stereocenters. The molecule has 0 amide bonds. The summed E-state index contributed by atoms with van der Waals surface area (Å²) in [7, 11) is 0. The summed E-state index contributed by atoms with van der Waals surface area (Å²) in [6.45, 7) is 3.38. The fraction of sp³-hybridized carbons (Fsp3) is 0.462. The van der Waals surface area contributed by atoms with Crippen LogP contribution >= 0.6 is 0 Å². The van der Waals surface area contributed by atoms with Gasteiger partial charge >= 0.3 is 0 Å². The average Bonchev–Trinajstić information content (AvgIpc) is 2.64. The Balaban J connectivity index is 2.09. The monoisotopic (exact) mass is 235 g/mol. The number of phenolic OH excluding ortho intramolecular Hbond substituents is 2. The van der Waals surface area contributed by atoms with Gasteiger partial charge in [-0.25, -0.2) is 0 Å². The first-order valence-electron chi connectivity index (χ1n) is 5.87. The first-order chi connectivity index (χ1) is 8.08. The Bertz CT molecular complexity index is 431. The summed E-state index contributed by atoms with van der Waals surface area (Å²) in [5.74, 6) is -0.285. The number of likely N-dealkylation sites (tertiary alicyclic amines) is 1. The number of ketones is 1. The lowest BCUT2D eigenvalue weighted by molar-refractivity contribution is 0.0923. The molecule has 2 rings (SSSR count). The lowest BCUT2D eigenvalue weighted by Gasteiger charge is -2.20. The molecule has 0 aliphatic carbocycles. The zero-order valence-electron chi connectivity index (χ0n) is 9.89. The van der Waals surface area contributed by atoms with Crippen LogP contribution in [0.25, 0.3) is 0 Å². The highest BCUT2D eigenvalue weighted by Gasteiger charge is 2.23. The Labute approximate surface area is 100 Å². The van der Waals surface area contributed by atoms with E-state index in [1.807, 2.05) is 0 Å². The van der Waals surface area contributed by atoms with Crippen molar-refractivity contribution in [2.75, 3.05) is 13.1 Å². The van der Waals surface area contributed by atoms with Gasteiger partial charge in [-0.3, -0.25) is 9.69 Å². The number of phenols is 2. The molecule has 4 heteroatoms. The minimum absolute atomic E-state index is 0.0337. The molecule has 1 heterocycles. The summed E-state index contributed by atoms with van der Waals surface area (Å²) in [4.78, 5) is 14.1. The largest absolute Gasteiger partial charge is 0.508 e. The molecular weight excluding hydrogens is 218 g/mol. The average molecular weight is 235 g/mol. The predicted octanol–water partition coefficient (Wildman–Crippen LogP) is 1.76. The van der Waals surface area contributed by atoms with Crippen molar-refractivity contribution in [3.63, 3.8) is 0 Å². The van der Waals surface area contributed by atoms with E-state index in [-0.39, 0.29) is 22.8 Å². The summed E-state index contributed by atoms with van der Waals surface area (Å²) in [5.41, 5.74) is 0.280. The molecule has 1 fully saturated rings. The van der Waals surface area contributed by atoms with Crippen LogP contribution < -0.4 is 0 Å². The highest BCUT2D eigenvalue weighted by Crippen LogP contribution is 2.24. The third kappa shape index (κ3) is 2.58. The number of hydrogen-bond acceptors (Lipinski definition) is 4. The van der Waals surface area contributed by atoms with Gasteiger partial charge in [0.15, 0.2) is 5.78 Å². The second kappa shape index (κ2) is 4.75. The maximum atomic E-state index is 12.0. The van der Waals surface area contributed by atoms with Crippen molar-refractivity contribution >= 4 is 5.78 Å². The molecular formula is C13H17NO3. The van der Waals surface area contributed by atoms with E-state index in [4.69, 9.17) is 5.11 Å². The van der Waals surface area contributed by atoms with Gasteiger partial charge in [-0.05, 0) is 38.4 Å². The first-order valence-corrected chi connectivity index (χ1v) is 5.87. The Morgan fingerprint density at radius 2 is 2.24 bits per heavy atom. The molecule has 0 aromatic heterocycles. The second-order valence-electron chi connectivity index (χ2n) is 4.59. The van der Waals surface area contributed by atoms with Crippen LogP contribution in [-0.4, -0.2) is 40.0 Å². The van der Waals surface area contributed by atoms with Gasteiger partial charge in [-0.1, -0.05) is 0 Å². The van der Waals surface area contributed by atoms with Crippen molar-refractivity contribution in [2.45, 2.75) is 25.8 Å². The van der Waals surface area contributed by atoms with Crippen molar-refractivity contribution < 1.29 is 15.0 Å². The molecule has 4 nitrogen and oxygen atoms in total. The van der Waals surface area contributed by atoms with E-state index in [0.717, 1.165) is 19.4 Å². The Morgan fingerprint density at radius 1 is 1.47 bits per heavy atom. The maximum Gasteiger partial charge on any atom is 0.180 e. The van der Waals surface area contributed by atoms with Crippen molar-refractivity contribution in [2.24, 2.45) is 0 Å². The van der Waals surface area contributed by atoms with Gasteiger partial charge in [0.1, 0.15) is 11.5 Å². The van der Waals surface area contributed by atoms with Crippen LogP contribution in [0.2, 0.25) is 0 Å². The second-order valence-corrected chi connectivity index (χ2v) is 4.59. The Morgan fingerprint density at radius 3 is 2.82 bits per heavy atom. The standard InChI is InChI=1S/C13H17NO3/c1-9-3-2-6-14(9)8-13(17)11-5-4-10(15)7-12(11)16/h4-5,7,9,15-16H,2-3,6,8H2,1H3. The summed E-state index contributed by atoms with van der Waals surface area (Å²) in [6, 6.07) is 4.51. The van der Waals surface area contributed by atoms with Gasteiger partial charge in [0.05, 0.1) is 12.1 Å². The first kappa shape index (κ1) is 11.9. The number of Topliss-reactive ketones (excluding diaryl/α,β-unsaturated/α-hetero) is 1. The van der Waals surface area contributed by atoms with E-state index in [0.29, 0.717) is 12.6 Å². The van der Waals surface area contributed by atoms with Crippen molar-refractivity contribution in [3.8, 4) is 11.5 Å². The predicted molar refractivity (Wildman–Crippen MR) is 64.4 cm³/mol. The van der Waals surface area contributed by atoms with E-state index < -0.39 is 0 Å². The van der Waals surface area contributed by atoms with Gasteiger partial charge in [-0.15, -0.1) is 0 Å². The van der Waals surface area contributed by atoms with E-state index in [2.05, 4.69) is 11.8 Å². The molecule has 1 saturated heterocycles. The van der Waals surface area contributed by atoms with Crippen LogP contribution in [0.4, 0.5) is 0 Å². The number of nitrogens with zero attached hydrogens (tertiary/aromatic N) is 1. The highest BCUT2D eigenvalue weighted by atomic mass is 16.3. The third-order valence-electron chi connectivity index (χ3n) is 3.32. The SMILES string of the molecule is CC1CCCN1CC(=O)c1ccc(O)cc1O. The molecule has 0 bridgehead atoms. The molecule has 1 aromatic carbocycles. The molecule has 1 aliphatic heterocycles. The van der Waals surface area contributed by atoms with Gasteiger partial charge in [0.2, 0.25) is 0 Å². The van der Waals surface area contributed by atoms with E-state index in [9.17, 15) is 9.90 Å². The summed E-state index contributed by atoms with van der Waals surface area (Å²) >= 11 is 0. The fourth-order valence-corrected chi connectivity index (χ4v) is 2.25. The Hall–Kier alpha value is -1.55. The van der Waals surface area contributed by atoms with Gasteiger partial charge < -0.3 is 10.2 Å². The molecule has 0 radical (unpaired) electrons. The molecule has 17 heavy (non-hydrogen) atoms. The van der Waals surface area contributed by atoms with Crippen molar-refractivity contribution in [3.05, 3.63) is 23.8 Å². The quantitative estimate of drug-likeness (QED) is 0.784. The lowest BCUT2D eigenvalue weighted by atomic mass is 10.1. The zero-order valence-corrected chi connectivity index (χ0v) is 9.89. The lowest BCUT2D eigenvalue weighted by Crippen LogP contribution is -2.32. The number of carbonyl (C=O) groups excluding carboxylic acids is 1. The number of hydrogen-bond donors (Lipinski definition) is 2. The van der Waals surface area contributed by atoms with Gasteiger partial charge in [0, 0.05) is 12.1 Å². The molecule has 1 aliphatic rings. The van der Waals surface area contributed by atoms with Crippen LogP contribution in [-0.2, 0) is 0 Å². The maximum absolute atomic E-state index is 12.0. The van der Waals surface area contributed by atoms with Crippen LogP contribution in [0.3, 0.4) is 0 Å². The minimum Gasteiger partial charge on any atom is -0.508 e. The van der Waals surface area contributed by atoms with Crippen LogP contribution in [0.1, 0.15) is 30.1 Å². The third-order valence-corrected chi connectivity index (χ3v) is 3.32. The summed E-state index contributed by atoms with van der Waals surface area (Å²) in [5, 5.41) is 18.8. The number of aromatic hydroxyl groups is 2. The van der Waals surface area contributed by atoms with Crippen molar-refractivity contribution in [1.82, 2.24) is 4.90 Å². The molecule has 0 spiro atoms. The fourth-order valence-electron chi connectivity index (χ4n) is 2.25. The zero-order chi connectivity index (χ0) is 12.4. The minimum atomic E-state index is -0.151. The topological polar surface area (TPSA) is 60.8 Å². The van der Waals surface area contributed by atoms with E-state index in [1.54, 1.807) is 0 Å². The normalized spacial score (nSPS) is 20.6. The molecule has 0 saturated carbocycles. The summed E-state index contributed by atoms with van der Waals surface area (Å²) in [6.07, 6.45) is 2.24. The van der Waals surface area contributed by atoms with E-state index >= 15 is 0 Å². The number of carbonyl (C=O) groups is 1. The van der Waals surface area contributed by atoms with Crippen LogP contribution in [0.15, 0.2) is 18.2 Å². The number of benzene rings is 1. The van der Waals surface area contributed by atoms with E-state index in [1.165, 1.54) is 18.2 Å². The van der Waals surface area contributed by atoms with Crippen LogP contribution in [0, 0.1) is 0 Å². The molecule has 1 aromatic rings. The smallest absolute Gasteiger partial charge is 0.180 e. The molecule has 2 N–H and O–H groups in total. The summed E-state index contributed by atoms with van der Waals surface area (Å²) < 4.78 is 0. The molecule has 92 valence electrons. The highest BCUT2D eigenvalue weighted by molar-refractivity contribution is 6.00.